The molecule has 1 aromatic heterocycles. The van der Waals surface area contributed by atoms with Crippen LogP contribution in [0.25, 0.3) is 0 Å². The van der Waals surface area contributed by atoms with E-state index in [1.807, 2.05) is 24.0 Å². The summed E-state index contributed by atoms with van der Waals surface area (Å²) >= 11 is 0. The van der Waals surface area contributed by atoms with Gasteiger partial charge in [-0.1, -0.05) is 29.8 Å². The molecule has 0 spiro atoms. The molecule has 0 amide bonds. The molecule has 2 rings (SSSR count). The molecule has 1 heterocycles. The van der Waals surface area contributed by atoms with Crippen LogP contribution in [0, 0.1) is 6.92 Å². The van der Waals surface area contributed by atoms with Crippen molar-refractivity contribution in [1.29, 1.82) is 0 Å². The summed E-state index contributed by atoms with van der Waals surface area (Å²) in [6.07, 6.45) is 3.79. The van der Waals surface area contributed by atoms with Crippen molar-refractivity contribution in [3.8, 4) is 0 Å². The van der Waals surface area contributed by atoms with E-state index in [1.54, 1.807) is 0 Å². The molecule has 0 aliphatic heterocycles. The Labute approximate surface area is 114 Å². The van der Waals surface area contributed by atoms with Crippen LogP contribution in [0.15, 0.2) is 36.7 Å². The SMILES string of the molecule is Cc1ccc(C(CN)N(C)Cc2nccn2C)cc1. The molecule has 102 valence electrons. The van der Waals surface area contributed by atoms with Crippen LogP contribution in [-0.4, -0.2) is 28.0 Å². The molecule has 0 aliphatic carbocycles. The summed E-state index contributed by atoms with van der Waals surface area (Å²) in [6.45, 7) is 3.49. The Morgan fingerprint density at radius 2 is 2.00 bits per heavy atom. The van der Waals surface area contributed by atoms with E-state index in [0.29, 0.717) is 6.54 Å². The highest BCUT2D eigenvalue weighted by molar-refractivity contribution is 5.24. The minimum atomic E-state index is 0.220. The molecule has 1 atom stereocenters. The number of hydrogen-bond acceptors (Lipinski definition) is 3. The highest BCUT2D eigenvalue weighted by Gasteiger charge is 2.16. The van der Waals surface area contributed by atoms with E-state index in [0.717, 1.165) is 12.4 Å². The van der Waals surface area contributed by atoms with Crippen molar-refractivity contribution in [2.24, 2.45) is 12.8 Å². The van der Waals surface area contributed by atoms with E-state index in [9.17, 15) is 0 Å². The van der Waals surface area contributed by atoms with E-state index in [-0.39, 0.29) is 6.04 Å². The monoisotopic (exact) mass is 258 g/mol. The minimum absolute atomic E-state index is 0.220. The van der Waals surface area contributed by atoms with E-state index < -0.39 is 0 Å². The molecule has 0 aliphatic rings. The van der Waals surface area contributed by atoms with Crippen molar-refractivity contribution in [3.05, 3.63) is 53.6 Å². The highest BCUT2D eigenvalue weighted by Crippen LogP contribution is 2.20. The van der Waals surface area contributed by atoms with Gasteiger partial charge in [0.2, 0.25) is 0 Å². The molecule has 2 aromatic rings. The Hall–Kier alpha value is -1.65. The summed E-state index contributed by atoms with van der Waals surface area (Å²) in [5, 5.41) is 0. The van der Waals surface area contributed by atoms with Gasteiger partial charge in [-0.2, -0.15) is 0 Å². The lowest BCUT2D eigenvalue weighted by Crippen LogP contribution is -2.31. The van der Waals surface area contributed by atoms with Crippen LogP contribution in [0.1, 0.15) is 23.0 Å². The Kier molecular flexibility index (Phi) is 4.35. The highest BCUT2D eigenvalue weighted by atomic mass is 15.2. The summed E-state index contributed by atoms with van der Waals surface area (Å²) in [5.41, 5.74) is 8.47. The van der Waals surface area contributed by atoms with Crippen LogP contribution in [-0.2, 0) is 13.6 Å². The molecule has 0 bridgehead atoms. The second-order valence-electron chi connectivity index (χ2n) is 5.03. The lowest BCUT2D eigenvalue weighted by atomic mass is 10.0. The first kappa shape index (κ1) is 13.8. The fourth-order valence-corrected chi connectivity index (χ4v) is 2.24. The third-order valence-electron chi connectivity index (χ3n) is 3.53. The van der Waals surface area contributed by atoms with E-state index in [4.69, 9.17) is 5.73 Å². The van der Waals surface area contributed by atoms with Gasteiger partial charge in [-0.05, 0) is 19.5 Å². The molecule has 0 fully saturated rings. The number of nitrogens with zero attached hydrogens (tertiary/aromatic N) is 3. The molecule has 19 heavy (non-hydrogen) atoms. The van der Waals surface area contributed by atoms with Gasteiger partial charge in [-0.3, -0.25) is 4.90 Å². The largest absolute Gasteiger partial charge is 0.337 e. The lowest BCUT2D eigenvalue weighted by Gasteiger charge is -2.27. The van der Waals surface area contributed by atoms with Gasteiger partial charge in [0, 0.05) is 32.0 Å². The Morgan fingerprint density at radius 1 is 1.32 bits per heavy atom. The molecule has 0 saturated heterocycles. The quantitative estimate of drug-likeness (QED) is 0.890. The van der Waals surface area contributed by atoms with Gasteiger partial charge in [0.1, 0.15) is 5.82 Å². The second-order valence-corrected chi connectivity index (χ2v) is 5.03. The molecule has 1 aromatic carbocycles. The topological polar surface area (TPSA) is 47.1 Å². The summed E-state index contributed by atoms with van der Waals surface area (Å²) in [6, 6.07) is 8.79. The fourth-order valence-electron chi connectivity index (χ4n) is 2.24. The van der Waals surface area contributed by atoms with Gasteiger partial charge >= 0.3 is 0 Å². The Bertz CT molecular complexity index is 515. The van der Waals surface area contributed by atoms with Gasteiger partial charge in [0.05, 0.1) is 6.54 Å². The number of aromatic nitrogens is 2. The second kappa shape index (κ2) is 5.99. The number of rotatable bonds is 5. The van der Waals surface area contributed by atoms with Crippen LogP contribution in [0.3, 0.4) is 0 Å². The number of likely N-dealkylation sites (N-methyl/N-ethyl adjacent to an activating group) is 1. The molecule has 4 heteroatoms. The average Bonchev–Trinajstić information content (AvgIpc) is 2.78. The predicted molar refractivity (Wildman–Crippen MR) is 77.6 cm³/mol. The summed E-state index contributed by atoms with van der Waals surface area (Å²) in [4.78, 5) is 6.60. The van der Waals surface area contributed by atoms with Crippen LogP contribution in [0.2, 0.25) is 0 Å². The first-order chi connectivity index (χ1) is 9.11. The van der Waals surface area contributed by atoms with Crippen molar-refractivity contribution in [2.75, 3.05) is 13.6 Å². The molecule has 0 radical (unpaired) electrons. The van der Waals surface area contributed by atoms with Crippen molar-refractivity contribution in [3.63, 3.8) is 0 Å². The normalized spacial score (nSPS) is 12.9. The fraction of sp³-hybridized carbons (Fsp3) is 0.400. The van der Waals surface area contributed by atoms with E-state index in [2.05, 4.69) is 48.1 Å². The van der Waals surface area contributed by atoms with Crippen molar-refractivity contribution in [2.45, 2.75) is 19.5 Å². The van der Waals surface area contributed by atoms with Gasteiger partial charge in [0.15, 0.2) is 0 Å². The maximum Gasteiger partial charge on any atom is 0.122 e. The first-order valence-corrected chi connectivity index (χ1v) is 6.55. The third-order valence-corrected chi connectivity index (χ3v) is 3.53. The van der Waals surface area contributed by atoms with Crippen LogP contribution >= 0.6 is 0 Å². The van der Waals surface area contributed by atoms with Crippen LogP contribution < -0.4 is 5.73 Å². The van der Waals surface area contributed by atoms with Gasteiger partial charge in [-0.25, -0.2) is 4.98 Å². The molecule has 4 nitrogen and oxygen atoms in total. The minimum Gasteiger partial charge on any atom is -0.337 e. The Morgan fingerprint density at radius 3 is 2.53 bits per heavy atom. The van der Waals surface area contributed by atoms with E-state index >= 15 is 0 Å². The number of imidazole rings is 1. The van der Waals surface area contributed by atoms with Gasteiger partial charge in [-0.15, -0.1) is 0 Å². The predicted octanol–water partition coefficient (Wildman–Crippen LogP) is 1.86. The molecular formula is C15H22N4. The summed E-state index contributed by atoms with van der Waals surface area (Å²) in [7, 11) is 4.10. The molecular weight excluding hydrogens is 236 g/mol. The van der Waals surface area contributed by atoms with Crippen molar-refractivity contribution < 1.29 is 0 Å². The molecule has 0 saturated carbocycles. The van der Waals surface area contributed by atoms with Gasteiger partial charge in [0.25, 0.3) is 0 Å². The maximum absolute atomic E-state index is 5.94. The lowest BCUT2D eigenvalue weighted by molar-refractivity contribution is 0.234. The number of benzene rings is 1. The van der Waals surface area contributed by atoms with Crippen LogP contribution in [0.5, 0.6) is 0 Å². The standard InChI is InChI=1S/C15H22N4/c1-12-4-6-13(7-5-12)14(10-16)19(3)11-15-17-8-9-18(15)2/h4-9,14H,10-11,16H2,1-3H3. The third kappa shape index (κ3) is 3.22. The summed E-state index contributed by atoms with van der Waals surface area (Å²) < 4.78 is 2.04. The number of aryl methyl sites for hydroxylation is 2. The van der Waals surface area contributed by atoms with E-state index in [1.165, 1.54) is 11.1 Å². The molecule has 1 unspecified atom stereocenters. The van der Waals surface area contributed by atoms with Crippen molar-refractivity contribution >= 4 is 0 Å². The number of hydrogen-bond donors (Lipinski definition) is 1. The van der Waals surface area contributed by atoms with Crippen LogP contribution in [0.4, 0.5) is 0 Å². The zero-order valence-electron chi connectivity index (χ0n) is 11.9. The maximum atomic E-state index is 5.94. The number of nitrogens with two attached hydrogens (primary N) is 1. The summed E-state index contributed by atoms with van der Waals surface area (Å²) in [5.74, 6) is 1.05. The zero-order valence-corrected chi connectivity index (χ0v) is 11.9. The zero-order chi connectivity index (χ0) is 13.8. The first-order valence-electron chi connectivity index (χ1n) is 6.55. The smallest absolute Gasteiger partial charge is 0.122 e. The molecule has 2 N–H and O–H groups in total. The van der Waals surface area contributed by atoms with Crippen molar-refractivity contribution in [1.82, 2.24) is 14.5 Å². The Balaban J connectivity index is 2.13. The van der Waals surface area contributed by atoms with Gasteiger partial charge < -0.3 is 10.3 Å². The average molecular weight is 258 g/mol.